The first-order chi connectivity index (χ1) is 14.0. The number of carbonyl (C=O) groups excluding carboxylic acids is 1. The Balaban J connectivity index is 1.67. The number of anilines is 1. The molecule has 0 aromatic carbocycles. The van der Waals surface area contributed by atoms with Gasteiger partial charge >= 0.3 is 0 Å². The minimum absolute atomic E-state index is 0.00249. The van der Waals surface area contributed by atoms with Crippen molar-refractivity contribution in [1.29, 1.82) is 0 Å². The normalized spacial score (nSPS) is 16.6. The quantitative estimate of drug-likeness (QED) is 0.690. The molecule has 0 spiro atoms. The van der Waals surface area contributed by atoms with Gasteiger partial charge in [0.25, 0.3) is 5.56 Å². The molecule has 29 heavy (non-hydrogen) atoms. The maximum atomic E-state index is 12.3. The number of ether oxygens (including phenoxy) is 1. The van der Waals surface area contributed by atoms with Crippen molar-refractivity contribution in [2.75, 3.05) is 46.2 Å². The summed E-state index contributed by atoms with van der Waals surface area (Å²) in [6.45, 7) is 1.96. The maximum Gasteiger partial charge on any atom is 0.271 e. The number of H-pyrrole nitrogens is 1. The van der Waals surface area contributed by atoms with Gasteiger partial charge in [-0.1, -0.05) is 6.08 Å². The van der Waals surface area contributed by atoms with Crippen LogP contribution in [0.25, 0.3) is 11.1 Å². The Kier molecular flexibility index (Phi) is 6.66. The predicted octanol–water partition coefficient (Wildman–Crippen LogP) is 1.58. The highest BCUT2D eigenvalue weighted by Gasteiger charge is 2.25. The molecule has 1 atom stereocenters. The topological polar surface area (TPSA) is 90.6 Å². The van der Waals surface area contributed by atoms with Gasteiger partial charge in [-0.3, -0.25) is 9.59 Å². The number of aromatic amines is 1. The number of nitrogens with one attached hydrogen (secondary N) is 2. The summed E-state index contributed by atoms with van der Waals surface area (Å²) in [5, 5.41) is 3.29. The summed E-state index contributed by atoms with van der Waals surface area (Å²) in [4.78, 5) is 35.3. The lowest BCUT2D eigenvalue weighted by atomic mass is 10.1. The fourth-order valence-corrected chi connectivity index (χ4v) is 3.23. The van der Waals surface area contributed by atoms with E-state index in [2.05, 4.69) is 15.3 Å². The highest BCUT2D eigenvalue weighted by Crippen LogP contribution is 2.23. The molecule has 2 N–H and O–H groups in total. The molecule has 0 unspecified atom stereocenters. The lowest BCUT2D eigenvalue weighted by Crippen LogP contribution is -2.31. The van der Waals surface area contributed by atoms with Gasteiger partial charge in [-0.25, -0.2) is 4.98 Å². The van der Waals surface area contributed by atoms with E-state index in [-0.39, 0.29) is 17.5 Å². The van der Waals surface area contributed by atoms with E-state index in [0.717, 1.165) is 24.1 Å². The van der Waals surface area contributed by atoms with Crippen LogP contribution in [0.4, 0.5) is 5.69 Å². The number of likely N-dealkylation sites (tertiary alicyclic amines) is 1. The number of hydrogen-bond acceptors (Lipinski definition) is 6. The summed E-state index contributed by atoms with van der Waals surface area (Å²) in [6.07, 6.45) is 7.60. The summed E-state index contributed by atoms with van der Waals surface area (Å²) >= 11 is 0. The molecule has 2 aromatic heterocycles. The van der Waals surface area contributed by atoms with Gasteiger partial charge in [0.05, 0.1) is 7.11 Å². The zero-order valence-corrected chi connectivity index (χ0v) is 17.0. The Hall–Kier alpha value is -3.13. The van der Waals surface area contributed by atoms with Crippen LogP contribution >= 0.6 is 0 Å². The minimum Gasteiger partial charge on any atom is -0.481 e. The smallest absolute Gasteiger partial charge is 0.271 e. The van der Waals surface area contributed by atoms with Gasteiger partial charge in [-0.05, 0) is 38.2 Å². The van der Waals surface area contributed by atoms with E-state index in [1.54, 1.807) is 30.5 Å². The summed E-state index contributed by atoms with van der Waals surface area (Å²) in [6, 6.07) is 5.52. The minimum atomic E-state index is -0.189. The van der Waals surface area contributed by atoms with E-state index < -0.39 is 0 Å². The lowest BCUT2D eigenvalue weighted by Gasteiger charge is -2.16. The first-order valence-corrected chi connectivity index (χ1v) is 9.56. The van der Waals surface area contributed by atoms with E-state index in [1.165, 1.54) is 0 Å². The molecule has 8 nitrogen and oxygen atoms in total. The molecule has 3 rings (SSSR count). The van der Waals surface area contributed by atoms with Crippen LogP contribution < -0.4 is 15.6 Å². The highest BCUT2D eigenvalue weighted by molar-refractivity contribution is 5.87. The number of carbonyl (C=O) groups is 1. The van der Waals surface area contributed by atoms with Gasteiger partial charge in [0.15, 0.2) is 0 Å². The summed E-state index contributed by atoms with van der Waals surface area (Å²) < 4.78 is 5.17. The Bertz CT molecular complexity index is 938. The van der Waals surface area contributed by atoms with Gasteiger partial charge in [0, 0.05) is 55.8 Å². The van der Waals surface area contributed by atoms with Crippen molar-refractivity contribution in [2.24, 2.45) is 0 Å². The molecule has 1 saturated heterocycles. The standard InChI is InChI=1S/C21H27N5O3/c1-25(2)9-4-5-20(27)26-10-7-17(14-26)24-18-11-16(13-23-21(18)28)15-6-8-22-19(12-15)29-3/h4-6,8,11-13,17,24H,7,9-10,14H2,1-3H3,(H,23,28)/t17-/m0/s1. The molecule has 0 aliphatic carbocycles. The van der Waals surface area contributed by atoms with E-state index in [9.17, 15) is 9.59 Å². The molecular weight excluding hydrogens is 370 g/mol. The summed E-state index contributed by atoms with van der Waals surface area (Å²) in [5.74, 6) is 0.512. The number of pyridine rings is 2. The Morgan fingerprint density at radius 3 is 3.00 bits per heavy atom. The van der Waals surface area contributed by atoms with Crippen LogP contribution in [0, 0.1) is 0 Å². The van der Waals surface area contributed by atoms with E-state index in [1.807, 2.05) is 43.3 Å². The third-order valence-corrected chi connectivity index (χ3v) is 4.77. The van der Waals surface area contributed by atoms with Crippen molar-refractivity contribution in [3.8, 4) is 17.0 Å². The molecule has 1 amide bonds. The Morgan fingerprint density at radius 2 is 2.24 bits per heavy atom. The largest absolute Gasteiger partial charge is 0.481 e. The van der Waals surface area contributed by atoms with Crippen molar-refractivity contribution in [1.82, 2.24) is 19.8 Å². The second kappa shape index (κ2) is 9.38. The van der Waals surface area contributed by atoms with Crippen molar-refractivity contribution in [3.05, 3.63) is 53.1 Å². The number of rotatable bonds is 7. The molecule has 8 heteroatoms. The number of likely N-dealkylation sites (N-methyl/N-ethyl adjacent to an activating group) is 1. The number of methoxy groups -OCH3 is 1. The van der Waals surface area contributed by atoms with Crippen LogP contribution in [0.3, 0.4) is 0 Å². The average molecular weight is 397 g/mol. The van der Waals surface area contributed by atoms with Crippen LogP contribution in [0.15, 0.2) is 47.5 Å². The molecule has 0 bridgehead atoms. The van der Waals surface area contributed by atoms with Crippen molar-refractivity contribution in [3.63, 3.8) is 0 Å². The van der Waals surface area contributed by atoms with Crippen LogP contribution in [0.1, 0.15) is 6.42 Å². The number of amides is 1. The van der Waals surface area contributed by atoms with E-state index in [4.69, 9.17) is 4.74 Å². The molecule has 0 radical (unpaired) electrons. The van der Waals surface area contributed by atoms with E-state index >= 15 is 0 Å². The molecule has 1 aliphatic heterocycles. The number of aromatic nitrogens is 2. The first kappa shape index (κ1) is 20.6. The molecule has 2 aromatic rings. The fourth-order valence-electron chi connectivity index (χ4n) is 3.23. The second-order valence-corrected chi connectivity index (χ2v) is 7.30. The maximum absolute atomic E-state index is 12.3. The monoisotopic (exact) mass is 397 g/mol. The highest BCUT2D eigenvalue weighted by atomic mass is 16.5. The van der Waals surface area contributed by atoms with E-state index in [0.29, 0.717) is 24.7 Å². The number of hydrogen-bond donors (Lipinski definition) is 2. The van der Waals surface area contributed by atoms with Crippen molar-refractivity contribution >= 4 is 11.6 Å². The lowest BCUT2D eigenvalue weighted by molar-refractivity contribution is -0.125. The van der Waals surface area contributed by atoms with Crippen LogP contribution in [0.2, 0.25) is 0 Å². The number of nitrogens with zero attached hydrogens (tertiary/aromatic N) is 3. The SMILES string of the molecule is COc1cc(-c2c[nH]c(=O)c(N[C@H]3CCN(C(=O)C=CCN(C)C)C3)c2)ccn1. The predicted molar refractivity (Wildman–Crippen MR) is 113 cm³/mol. The molecule has 3 heterocycles. The average Bonchev–Trinajstić information content (AvgIpc) is 3.18. The summed E-state index contributed by atoms with van der Waals surface area (Å²) in [7, 11) is 5.48. The van der Waals surface area contributed by atoms with Gasteiger partial charge in [0.2, 0.25) is 11.8 Å². The Morgan fingerprint density at radius 1 is 1.41 bits per heavy atom. The van der Waals surface area contributed by atoms with Gasteiger partial charge in [0.1, 0.15) is 5.69 Å². The fraction of sp³-hybridized carbons (Fsp3) is 0.381. The van der Waals surface area contributed by atoms with Crippen molar-refractivity contribution in [2.45, 2.75) is 12.5 Å². The first-order valence-electron chi connectivity index (χ1n) is 9.56. The van der Waals surface area contributed by atoms with Gasteiger partial charge in [-0.15, -0.1) is 0 Å². The third kappa shape index (κ3) is 5.45. The van der Waals surface area contributed by atoms with Crippen LogP contribution in [-0.4, -0.2) is 72.6 Å². The second-order valence-electron chi connectivity index (χ2n) is 7.30. The van der Waals surface area contributed by atoms with Crippen molar-refractivity contribution < 1.29 is 9.53 Å². The molecule has 1 fully saturated rings. The molecule has 0 saturated carbocycles. The van der Waals surface area contributed by atoms with Gasteiger partial charge in [-0.2, -0.15) is 0 Å². The van der Waals surface area contributed by atoms with Crippen LogP contribution in [-0.2, 0) is 4.79 Å². The zero-order valence-electron chi connectivity index (χ0n) is 17.0. The van der Waals surface area contributed by atoms with Gasteiger partial charge < -0.3 is 24.8 Å². The Labute approximate surface area is 170 Å². The third-order valence-electron chi connectivity index (χ3n) is 4.77. The zero-order chi connectivity index (χ0) is 20.8. The molecule has 1 aliphatic rings. The van der Waals surface area contributed by atoms with Crippen LogP contribution in [0.5, 0.6) is 5.88 Å². The molecule has 154 valence electrons. The summed E-state index contributed by atoms with van der Waals surface area (Å²) in [5.41, 5.74) is 2.04. The molecular formula is C21H27N5O3.